The Hall–Kier alpha value is -1.76. The number of urea groups is 1. The van der Waals surface area contributed by atoms with Gasteiger partial charge in [0, 0.05) is 29.3 Å². The third-order valence-electron chi connectivity index (χ3n) is 3.65. The lowest BCUT2D eigenvalue weighted by Gasteiger charge is -2.41. The van der Waals surface area contributed by atoms with Crippen molar-refractivity contribution < 1.29 is 15.0 Å². The van der Waals surface area contributed by atoms with Gasteiger partial charge in [0.15, 0.2) is 0 Å². The van der Waals surface area contributed by atoms with Crippen LogP contribution in [0.1, 0.15) is 13.3 Å². The van der Waals surface area contributed by atoms with Gasteiger partial charge in [-0.3, -0.25) is 0 Å². The largest absolute Gasteiger partial charge is 0.357 e. The Morgan fingerprint density at radius 1 is 1.39 bits per heavy atom. The maximum absolute atomic E-state index is 12.2. The van der Waals surface area contributed by atoms with E-state index in [9.17, 15) is 15.0 Å². The van der Waals surface area contributed by atoms with Gasteiger partial charge in [-0.2, -0.15) is 0 Å². The minimum Gasteiger partial charge on any atom is -0.357 e. The van der Waals surface area contributed by atoms with Crippen LogP contribution in [0.4, 0.5) is 10.5 Å². The summed E-state index contributed by atoms with van der Waals surface area (Å²) in [7, 11) is 0. The van der Waals surface area contributed by atoms with E-state index in [-0.39, 0.29) is 23.6 Å². The molecule has 3 atom stereocenters. The number of thioether (sulfide) groups is 1. The second-order valence-electron chi connectivity index (χ2n) is 5.44. The molecule has 1 aliphatic heterocycles. The predicted molar refractivity (Wildman–Crippen MR) is 94.1 cm³/mol. The maximum atomic E-state index is 12.2. The summed E-state index contributed by atoms with van der Waals surface area (Å²) < 4.78 is 0. The van der Waals surface area contributed by atoms with Crippen LogP contribution in [-0.4, -0.2) is 32.7 Å². The molecule has 6 heteroatoms. The van der Waals surface area contributed by atoms with Crippen molar-refractivity contribution in [3.05, 3.63) is 55.1 Å². The van der Waals surface area contributed by atoms with E-state index in [1.807, 2.05) is 37.3 Å². The van der Waals surface area contributed by atoms with Crippen LogP contribution in [0.15, 0.2) is 55.1 Å². The summed E-state index contributed by atoms with van der Waals surface area (Å²) in [4.78, 5) is 12.2. The Morgan fingerprint density at radius 2 is 2.09 bits per heavy atom. The Balaban J connectivity index is 2.10. The smallest absolute Gasteiger partial charge is 0.319 e. The van der Waals surface area contributed by atoms with Gasteiger partial charge >= 0.3 is 6.03 Å². The molecule has 0 saturated carbocycles. The summed E-state index contributed by atoms with van der Waals surface area (Å²) >= 11 is 1.04. The predicted octanol–water partition coefficient (Wildman–Crippen LogP) is 2.70. The summed E-state index contributed by atoms with van der Waals surface area (Å²) in [5.74, 6) is -0.0588. The standard InChI is InChI=1S/C17H22N2O3S/c1-3-8-13-14(11-17(21,22)23-15(13)4-2)19-16(20)18-12-9-6-5-7-10-12/h3-10,13-15,21-22H,2,11H2,1H3,(H2,18,19,20)/b8-3-. The molecule has 1 aromatic carbocycles. The summed E-state index contributed by atoms with van der Waals surface area (Å²) in [6.07, 6.45) is 5.58. The van der Waals surface area contributed by atoms with Crippen molar-refractivity contribution in [1.29, 1.82) is 0 Å². The van der Waals surface area contributed by atoms with E-state index in [2.05, 4.69) is 17.2 Å². The summed E-state index contributed by atoms with van der Waals surface area (Å²) in [6.45, 7) is 5.65. The van der Waals surface area contributed by atoms with Gasteiger partial charge in [0.2, 0.25) is 5.12 Å². The van der Waals surface area contributed by atoms with Crippen molar-refractivity contribution in [3.63, 3.8) is 0 Å². The highest BCUT2D eigenvalue weighted by atomic mass is 32.2. The van der Waals surface area contributed by atoms with Gasteiger partial charge in [-0.1, -0.05) is 48.2 Å². The summed E-state index contributed by atoms with van der Waals surface area (Å²) in [6, 6.07) is 8.31. The number of carbonyl (C=O) groups is 1. The van der Waals surface area contributed by atoms with Crippen molar-refractivity contribution in [3.8, 4) is 0 Å². The van der Waals surface area contributed by atoms with Crippen LogP contribution in [0.5, 0.6) is 0 Å². The molecule has 0 spiro atoms. The fourth-order valence-corrected chi connectivity index (χ4v) is 3.92. The lowest BCUT2D eigenvalue weighted by atomic mass is 9.91. The number of allylic oxidation sites excluding steroid dienone is 1. The van der Waals surface area contributed by atoms with Crippen molar-refractivity contribution in [2.24, 2.45) is 5.92 Å². The number of carbonyl (C=O) groups excluding carboxylic acids is 1. The topological polar surface area (TPSA) is 81.6 Å². The van der Waals surface area contributed by atoms with Gasteiger partial charge in [-0.25, -0.2) is 4.79 Å². The molecule has 1 aromatic rings. The van der Waals surface area contributed by atoms with E-state index in [4.69, 9.17) is 0 Å². The molecule has 1 aliphatic rings. The lowest BCUT2D eigenvalue weighted by molar-refractivity contribution is -0.0930. The zero-order chi connectivity index (χ0) is 16.9. The van der Waals surface area contributed by atoms with Crippen LogP contribution in [0.25, 0.3) is 0 Å². The second kappa shape index (κ2) is 7.68. The van der Waals surface area contributed by atoms with Crippen molar-refractivity contribution in [1.82, 2.24) is 5.32 Å². The van der Waals surface area contributed by atoms with Gasteiger partial charge in [0.25, 0.3) is 0 Å². The average Bonchev–Trinajstić information content (AvgIpc) is 2.50. The van der Waals surface area contributed by atoms with Gasteiger partial charge in [-0.15, -0.1) is 6.58 Å². The van der Waals surface area contributed by atoms with Crippen molar-refractivity contribution in [2.75, 3.05) is 5.32 Å². The molecule has 0 bridgehead atoms. The van der Waals surface area contributed by atoms with E-state index in [1.54, 1.807) is 18.2 Å². The average molecular weight is 334 g/mol. The zero-order valence-electron chi connectivity index (χ0n) is 13.0. The minimum absolute atomic E-state index is 0.0409. The van der Waals surface area contributed by atoms with Crippen molar-refractivity contribution >= 4 is 23.5 Å². The molecule has 2 rings (SSSR count). The van der Waals surface area contributed by atoms with Crippen LogP contribution in [0, 0.1) is 5.92 Å². The number of hydrogen-bond acceptors (Lipinski definition) is 4. The van der Waals surface area contributed by atoms with Crippen LogP contribution in [0.3, 0.4) is 0 Å². The Kier molecular flexibility index (Phi) is 5.87. The Bertz CT molecular complexity index is 574. The Labute approximate surface area is 140 Å². The number of benzene rings is 1. The third kappa shape index (κ3) is 4.86. The van der Waals surface area contributed by atoms with E-state index in [1.165, 1.54) is 0 Å². The third-order valence-corrected chi connectivity index (χ3v) is 4.97. The first-order valence-corrected chi connectivity index (χ1v) is 8.33. The zero-order valence-corrected chi connectivity index (χ0v) is 13.8. The van der Waals surface area contributed by atoms with Gasteiger partial charge in [-0.05, 0) is 19.1 Å². The number of nitrogens with one attached hydrogen (secondary N) is 2. The van der Waals surface area contributed by atoms with Gasteiger partial charge in [0.05, 0.1) is 0 Å². The maximum Gasteiger partial charge on any atom is 0.319 e. The van der Waals surface area contributed by atoms with E-state index >= 15 is 0 Å². The quantitative estimate of drug-likeness (QED) is 0.504. The molecule has 2 amide bonds. The van der Waals surface area contributed by atoms with Crippen LogP contribution in [-0.2, 0) is 0 Å². The number of aliphatic hydroxyl groups is 2. The summed E-state index contributed by atoms with van der Waals surface area (Å²) in [5.41, 5.74) is 0.678. The molecule has 124 valence electrons. The fourth-order valence-electron chi connectivity index (χ4n) is 2.67. The molecular weight excluding hydrogens is 312 g/mol. The monoisotopic (exact) mass is 334 g/mol. The van der Waals surface area contributed by atoms with Gasteiger partial charge in [0.1, 0.15) is 0 Å². The number of anilines is 1. The van der Waals surface area contributed by atoms with Gasteiger partial charge < -0.3 is 20.8 Å². The molecule has 0 aliphatic carbocycles. The molecule has 3 unspecified atom stereocenters. The van der Waals surface area contributed by atoms with Crippen LogP contribution < -0.4 is 10.6 Å². The molecule has 4 N–H and O–H groups in total. The highest BCUT2D eigenvalue weighted by molar-refractivity contribution is 8.01. The fraction of sp³-hybridized carbons (Fsp3) is 0.353. The lowest BCUT2D eigenvalue weighted by Crippen LogP contribution is -2.52. The molecule has 0 aromatic heterocycles. The molecule has 0 radical (unpaired) electrons. The molecular formula is C17H22N2O3S. The number of rotatable bonds is 4. The minimum atomic E-state index is -1.89. The number of amides is 2. The highest BCUT2D eigenvalue weighted by Gasteiger charge is 2.43. The van der Waals surface area contributed by atoms with E-state index in [0.717, 1.165) is 11.8 Å². The first-order chi connectivity index (χ1) is 10.9. The molecule has 1 saturated heterocycles. The number of para-hydroxylation sites is 1. The molecule has 1 heterocycles. The van der Waals surface area contributed by atoms with E-state index in [0.29, 0.717) is 5.69 Å². The second-order valence-corrected chi connectivity index (χ2v) is 6.87. The highest BCUT2D eigenvalue weighted by Crippen LogP contribution is 2.42. The molecule has 5 nitrogen and oxygen atoms in total. The van der Waals surface area contributed by atoms with Crippen LogP contribution in [0.2, 0.25) is 0 Å². The van der Waals surface area contributed by atoms with E-state index < -0.39 is 11.2 Å². The first-order valence-electron chi connectivity index (χ1n) is 7.45. The normalized spacial score (nSPS) is 26.7. The SMILES string of the molecule is C=CC1SC(O)(O)CC(NC(=O)Nc2ccccc2)C1/C=C\C. The Morgan fingerprint density at radius 3 is 2.70 bits per heavy atom. The molecule has 1 fully saturated rings. The number of hydrogen-bond donors (Lipinski definition) is 4. The van der Waals surface area contributed by atoms with Crippen LogP contribution >= 0.6 is 11.8 Å². The summed E-state index contributed by atoms with van der Waals surface area (Å²) in [5, 5.41) is 23.5. The van der Waals surface area contributed by atoms with Crippen molar-refractivity contribution in [2.45, 2.75) is 29.8 Å². The first kappa shape index (κ1) is 17.6. The molecule has 23 heavy (non-hydrogen) atoms.